The number of hydrogen-bond acceptors (Lipinski definition) is 3. The predicted octanol–water partition coefficient (Wildman–Crippen LogP) is 0.478. The molecule has 0 aromatic heterocycles. The van der Waals surface area contributed by atoms with Gasteiger partial charge in [-0.3, -0.25) is 0 Å². The molecule has 0 bridgehead atoms. The summed E-state index contributed by atoms with van der Waals surface area (Å²) in [6.45, 7) is 3.83. The van der Waals surface area contributed by atoms with Crippen LogP contribution >= 0.6 is 11.6 Å². The normalized spacial score (nSPS) is 10.4. The second-order valence-electron chi connectivity index (χ2n) is 2.04. The van der Waals surface area contributed by atoms with Crippen LogP contribution in [0.4, 0.5) is 0 Å². The Labute approximate surface area is 73.0 Å². The molecule has 11 heavy (non-hydrogen) atoms. The molecular weight excluding hydrogens is 166 g/mol. The zero-order chi connectivity index (χ0) is 8.36. The molecule has 68 valence electrons. The molecule has 0 fully saturated rings. The van der Waals surface area contributed by atoms with Gasteiger partial charge in [-0.05, 0) is 0 Å². The number of methoxy groups -OCH3 is 1. The van der Waals surface area contributed by atoms with Crippen molar-refractivity contribution in [2.75, 3.05) is 45.9 Å². The molecule has 0 aliphatic rings. The zero-order valence-electron chi connectivity index (χ0n) is 6.94. The Balaban J connectivity index is 2.69. The number of ether oxygens (including phenoxy) is 2. The highest BCUT2D eigenvalue weighted by molar-refractivity contribution is 6.17. The molecule has 0 rings (SSSR count). The van der Waals surface area contributed by atoms with Crippen molar-refractivity contribution in [3.63, 3.8) is 0 Å². The first kappa shape index (κ1) is 11.2. The molecule has 0 amide bonds. The van der Waals surface area contributed by atoms with Crippen molar-refractivity contribution in [1.82, 2.24) is 5.32 Å². The molecule has 0 heterocycles. The first-order chi connectivity index (χ1) is 5.41. The van der Waals surface area contributed by atoms with E-state index < -0.39 is 0 Å². The van der Waals surface area contributed by atoms with E-state index >= 15 is 0 Å². The molecule has 3 nitrogen and oxygen atoms in total. The maximum absolute atomic E-state index is 5.40. The maximum Gasteiger partial charge on any atom is 0.0602 e. The Hall–Kier alpha value is 0.170. The first-order valence-electron chi connectivity index (χ1n) is 3.75. The van der Waals surface area contributed by atoms with Crippen LogP contribution in [0.2, 0.25) is 0 Å². The van der Waals surface area contributed by atoms with Crippen LogP contribution < -0.4 is 5.32 Å². The van der Waals surface area contributed by atoms with Crippen LogP contribution in [-0.4, -0.2) is 45.9 Å². The summed E-state index contributed by atoms with van der Waals surface area (Å²) in [7, 11) is 1.69. The van der Waals surface area contributed by atoms with Crippen molar-refractivity contribution in [1.29, 1.82) is 0 Å². The molecule has 0 aromatic rings. The molecule has 1 N–H and O–H groups in total. The average molecular weight is 182 g/mol. The van der Waals surface area contributed by atoms with Gasteiger partial charge in [0.2, 0.25) is 0 Å². The third-order valence-corrected chi connectivity index (χ3v) is 1.28. The van der Waals surface area contributed by atoms with Crippen LogP contribution in [0, 0.1) is 0 Å². The van der Waals surface area contributed by atoms with Crippen LogP contribution in [0.5, 0.6) is 0 Å². The largest absolute Gasteiger partial charge is 0.383 e. The second kappa shape index (κ2) is 10.2. The van der Waals surface area contributed by atoms with Crippen LogP contribution in [0.3, 0.4) is 0 Å². The number of halogens is 1. The second-order valence-corrected chi connectivity index (χ2v) is 2.42. The van der Waals surface area contributed by atoms with E-state index in [1.807, 2.05) is 0 Å². The van der Waals surface area contributed by atoms with E-state index in [1.54, 1.807) is 7.11 Å². The van der Waals surface area contributed by atoms with Gasteiger partial charge in [-0.25, -0.2) is 0 Å². The Kier molecular flexibility index (Phi) is 10.3. The molecular formula is C7H16ClNO2. The van der Waals surface area contributed by atoms with Crippen molar-refractivity contribution < 1.29 is 9.47 Å². The van der Waals surface area contributed by atoms with Gasteiger partial charge in [0.15, 0.2) is 0 Å². The highest BCUT2D eigenvalue weighted by Gasteiger charge is 1.86. The summed E-state index contributed by atoms with van der Waals surface area (Å²) in [5.74, 6) is 0.568. The Bertz CT molecular complexity index is 65.5. The van der Waals surface area contributed by atoms with Crippen molar-refractivity contribution in [3.8, 4) is 0 Å². The number of nitrogens with one attached hydrogen (secondary N) is 1. The average Bonchev–Trinajstić information content (AvgIpc) is 2.03. The lowest BCUT2D eigenvalue weighted by atomic mass is 10.6. The van der Waals surface area contributed by atoms with E-state index in [0.717, 1.165) is 26.3 Å². The maximum atomic E-state index is 5.40. The fourth-order valence-corrected chi connectivity index (χ4v) is 0.709. The number of hydrogen-bond donors (Lipinski definition) is 1. The smallest absolute Gasteiger partial charge is 0.0602 e. The minimum Gasteiger partial charge on any atom is -0.383 e. The van der Waals surface area contributed by atoms with Crippen LogP contribution in [0.25, 0.3) is 0 Å². The molecule has 0 unspecified atom stereocenters. The summed E-state index contributed by atoms with van der Waals surface area (Å²) in [6, 6.07) is 0. The molecule has 0 aliphatic heterocycles. The quantitative estimate of drug-likeness (QED) is 0.437. The minimum absolute atomic E-state index is 0.568. The van der Waals surface area contributed by atoms with Gasteiger partial charge in [-0.2, -0.15) is 0 Å². The minimum atomic E-state index is 0.568. The third-order valence-electron chi connectivity index (χ3n) is 1.13. The van der Waals surface area contributed by atoms with Crippen molar-refractivity contribution in [3.05, 3.63) is 0 Å². The fourth-order valence-electron chi connectivity index (χ4n) is 0.600. The van der Waals surface area contributed by atoms with E-state index in [-0.39, 0.29) is 0 Å². The van der Waals surface area contributed by atoms with E-state index in [9.17, 15) is 0 Å². The topological polar surface area (TPSA) is 30.5 Å². The molecule has 0 aliphatic carbocycles. The molecule has 0 saturated carbocycles. The van der Waals surface area contributed by atoms with E-state index in [0.29, 0.717) is 12.5 Å². The SMILES string of the molecule is COCCNCCOCCCl. The van der Waals surface area contributed by atoms with Gasteiger partial charge in [0, 0.05) is 26.1 Å². The summed E-state index contributed by atoms with van der Waals surface area (Å²) in [6.07, 6.45) is 0. The van der Waals surface area contributed by atoms with Gasteiger partial charge in [-0.15, -0.1) is 11.6 Å². The molecule has 0 spiro atoms. The monoisotopic (exact) mass is 181 g/mol. The van der Waals surface area contributed by atoms with Crippen LogP contribution in [0.1, 0.15) is 0 Å². The van der Waals surface area contributed by atoms with Gasteiger partial charge in [0.05, 0.1) is 19.8 Å². The molecule has 4 heteroatoms. The van der Waals surface area contributed by atoms with E-state index in [4.69, 9.17) is 21.1 Å². The van der Waals surface area contributed by atoms with Gasteiger partial charge in [-0.1, -0.05) is 0 Å². The summed E-state index contributed by atoms with van der Waals surface area (Å²) in [5, 5.41) is 3.15. The molecule has 0 saturated heterocycles. The van der Waals surface area contributed by atoms with Gasteiger partial charge in [0.25, 0.3) is 0 Å². The summed E-state index contributed by atoms with van der Waals surface area (Å²) in [5.41, 5.74) is 0. The lowest BCUT2D eigenvalue weighted by molar-refractivity contribution is 0.146. The Morgan fingerprint density at radius 1 is 1.18 bits per heavy atom. The summed E-state index contributed by atoms with van der Waals surface area (Å²) >= 11 is 5.40. The highest BCUT2D eigenvalue weighted by Crippen LogP contribution is 1.77. The zero-order valence-corrected chi connectivity index (χ0v) is 7.69. The van der Waals surface area contributed by atoms with Gasteiger partial charge < -0.3 is 14.8 Å². The van der Waals surface area contributed by atoms with Crippen molar-refractivity contribution in [2.45, 2.75) is 0 Å². The summed E-state index contributed by atoms with van der Waals surface area (Å²) < 4.78 is 9.97. The standard InChI is InChI=1S/C7H16ClNO2/c1-10-6-3-9-4-7-11-5-2-8/h9H,2-7H2,1H3. The lowest BCUT2D eigenvalue weighted by Crippen LogP contribution is -2.23. The molecule has 0 radical (unpaired) electrons. The number of alkyl halides is 1. The Morgan fingerprint density at radius 3 is 2.55 bits per heavy atom. The van der Waals surface area contributed by atoms with E-state index in [1.165, 1.54) is 0 Å². The van der Waals surface area contributed by atoms with Crippen molar-refractivity contribution in [2.24, 2.45) is 0 Å². The first-order valence-corrected chi connectivity index (χ1v) is 4.28. The lowest BCUT2D eigenvalue weighted by Gasteiger charge is -2.03. The predicted molar refractivity (Wildman–Crippen MR) is 46.3 cm³/mol. The van der Waals surface area contributed by atoms with Gasteiger partial charge in [0.1, 0.15) is 0 Å². The summed E-state index contributed by atoms with van der Waals surface area (Å²) in [4.78, 5) is 0. The Morgan fingerprint density at radius 2 is 1.91 bits per heavy atom. The van der Waals surface area contributed by atoms with Crippen molar-refractivity contribution >= 4 is 11.6 Å². The molecule has 0 atom stereocenters. The van der Waals surface area contributed by atoms with E-state index in [2.05, 4.69) is 5.32 Å². The van der Waals surface area contributed by atoms with Crippen LogP contribution in [0.15, 0.2) is 0 Å². The highest BCUT2D eigenvalue weighted by atomic mass is 35.5. The third kappa shape index (κ3) is 10.2. The fraction of sp³-hybridized carbons (Fsp3) is 1.00. The molecule has 0 aromatic carbocycles. The van der Waals surface area contributed by atoms with Crippen LogP contribution in [-0.2, 0) is 9.47 Å². The van der Waals surface area contributed by atoms with Gasteiger partial charge >= 0.3 is 0 Å². The number of rotatable bonds is 8.